The van der Waals surface area contributed by atoms with Crippen LogP contribution in [0.1, 0.15) is 53.7 Å². The average molecular weight is 456 g/mol. The number of carbonyl (C=O) groups excluding carboxylic acids is 1. The molecule has 33 heavy (non-hydrogen) atoms. The molecule has 176 valence electrons. The van der Waals surface area contributed by atoms with Gasteiger partial charge < -0.3 is 20.5 Å². The number of carboxylic acids is 1. The van der Waals surface area contributed by atoms with Crippen molar-refractivity contribution in [3.8, 4) is 0 Å². The van der Waals surface area contributed by atoms with E-state index in [4.69, 9.17) is 9.72 Å². The second-order valence-electron chi connectivity index (χ2n) is 8.87. The topological polar surface area (TPSA) is 101 Å². The number of halogens is 1. The Labute approximate surface area is 192 Å². The number of amides is 1. The van der Waals surface area contributed by atoms with Crippen molar-refractivity contribution >= 4 is 17.7 Å². The van der Waals surface area contributed by atoms with Crippen LogP contribution in [0.25, 0.3) is 0 Å². The summed E-state index contributed by atoms with van der Waals surface area (Å²) in [5.41, 5.74) is 2.51. The minimum atomic E-state index is -1.14. The first-order valence-corrected chi connectivity index (χ1v) is 11.6. The van der Waals surface area contributed by atoms with E-state index < -0.39 is 23.7 Å². The molecule has 1 amide bonds. The molecule has 1 aliphatic carbocycles. The van der Waals surface area contributed by atoms with E-state index in [0.29, 0.717) is 5.92 Å². The normalized spacial score (nSPS) is 20.2. The molecule has 2 aromatic rings. The minimum Gasteiger partial charge on any atom is -0.480 e. The van der Waals surface area contributed by atoms with Crippen LogP contribution in [0.2, 0.25) is 0 Å². The van der Waals surface area contributed by atoms with E-state index in [2.05, 4.69) is 22.8 Å². The van der Waals surface area contributed by atoms with Crippen LogP contribution in [0.4, 0.5) is 10.2 Å². The lowest BCUT2D eigenvalue weighted by atomic mass is 9.79. The van der Waals surface area contributed by atoms with Crippen LogP contribution in [0.5, 0.6) is 0 Å². The molecule has 1 aromatic carbocycles. The molecule has 2 heterocycles. The zero-order valence-corrected chi connectivity index (χ0v) is 18.6. The van der Waals surface area contributed by atoms with Gasteiger partial charge in [-0.05, 0) is 74.3 Å². The monoisotopic (exact) mass is 455 g/mol. The van der Waals surface area contributed by atoms with E-state index in [1.54, 1.807) is 0 Å². The number of pyridine rings is 1. The maximum Gasteiger partial charge on any atom is 0.326 e. The van der Waals surface area contributed by atoms with E-state index in [1.807, 2.05) is 0 Å². The number of aryl methyl sites for hydroxylation is 2. The Hall–Kier alpha value is -3.00. The fourth-order valence-corrected chi connectivity index (χ4v) is 4.39. The molecule has 1 saturated carbocycles. The van der Waals surface area contributed by atoms with Gasteiger partial charge in [-0.25, -0.2) is 14.2 Å². The Morgan fingerprint density at radius 3 is 2.91 bits per heavy atom. The number of nitrogens with one attached hydrogen (secondary N) is 2. The van der Waals surface area contributed by atoms with Gasteiger partial charge in [-0.2, -0.15) is 0 Å². The highest BCUT2D eigenvalue weighted by Crippen LogP contribution is 2.34. The Kier molecular flexibility index (Phi) is 7.54. The van der Waals surface area contributed by atoms with Crippen molar-refractivity contribution in [3.63, 3.8) is 0 Å². The van der Waals surface area contributed by atoms with E-state index in [9.17, 15) is 19.1 Å². The van der Waals surface area contributed by atoms with Crippen LogP contribution < -0.4 is 10.6 Å². The first-order valence-electron chi connectivity index (χ1n) is 11.6. The zero-order valence-electron chi connectivity index (χ0n) is 18.6. The maximum absolute atomic E-state index is 13.3. The van der Waals surface area contributed by atoms with Crippen LogP contribution >= 0.6 is 0 Å². The standard InChI is InChI=1S/C25H30FN3O4/c26-19-5-1-3-18(15-19)24(30)29-22(25(31)32)10-12-33-21-13-16(14-21)6-8-20-9-7-17-4-2-11-27-23(17)28-20/h1,3,5,7,9,15-16,21-22H,2,4,6,8,10-14H2,(H,27,28)(H,29,30)(H,31,32)/t16-,21-,22?. The van der Waals surface area contributed by atoms with Crippen LogP contribution in [0.15, 0.2) is 36.4 Å². The molecule has 8 heteroatoms. The maximum atomic E-state index is 13.3. The van der Waals surface area contributed by atoms with Gasteiger partial charge in [0.1, 0.15) is 17.7 Å². The molecule has 0 spiro atoms. The molecule has 1 aliphatic heterocycles. The van der Waals surface area contributed by atoms with Gasteiger partial charge in [0.2, 0.25) is 0 Å². The molecule has 0 radical (unpaired) electrons. The van der Waals surface area contributed by atoms with Crippen molar-refractivity contribution in [2.75, 3.05) is 18.5 Å². The van der Waals surface area contributed by atoms with Crippen molar-refractivity contribution in [1.29, 1.82) is 0 Å². The van der Waals surface area contributed by atoms with Crippen molar-refractivity contribution in [1.82, 2.24) is 10.3 Å². The summed E-state index contributed by atoms with van der Waals surface area (Å²) in [6.45, 7) is 1.23. The number of rotatable bonds is 10. The smallest absolute Gasteiger partial charge is 0.326 e. The molecule has 1 aromatic heterocycles. The third kappa shape index (κ3) is 6.28. The number of aromatic nitrogens is 1. The van der Waals surface area contributed by atoms with E-state index in [1.165, 1.54) is 23.8 Å². The van der Waals surface area contributed by atoms with Crippen LogP contribution in [0.3, 0.4) is 0 Å². The van der Waals surface area contributed by atoms with Gasteiger partial charge in [-0.3, -0.25) is 4.79 Å². The van der Waals surface area contributed by atoms with E-state index in [0.717, 1.165) is 62.6 Å². The number of carbonyl (C=O) groups is 2. The molecular formula is C25H30FN3O4. The molecule has 1 fully saturated rings. The number of ether oxygens (including phenoxy) is 1. The van der Waals surface area contributed by atoms with Crippen LogP contribution in [0, 0.1) is 11.7 Å². The summed E-state index contributed by atoms with van der Waals surface area (Å²) < 4.78 is 19.1. The van der Waals surface area contributed by atoms with Crippen molar-refractivity contribution < 1.29 is 23.8 Å². The average Bonchev–Trinajstić information content (AvgIpc) is 2.78. The second-order valence-corrected chi connectivity index (χ2v) is 8.87. The lowest BCUT2D eigenvalue weighted by molar-refractivity contribution is -0.140. The molecule has 0 saturated heterocycles. The summed E-state index contributed by atoms with van der Waals surface area (Å²) in [5.74, 6) is -0.676. The predicted octanol–water partition coefficient (Wildman–Crippen LogP) is 3.58. The number of aliphatic carboxylic acids is 1. The van der Waals surface area contributed by atoms with Gasteiger partial charge >= 0.3 is 5.97 Å². The summed E-state index contributed by atoms with van der Waals surface area (Å²) in [5, 5.41) is 15.2. The van der Waals surface area contributed by atoms with Crippen LogP contribution in [-0.2, 0) is 22.4 Å². The number of nitrogens with zero attached hydrogens (tertiary/aromatic N) is 1. The summed E-state index contributed by atoms with van der Waals surface area (Å²) in [7, 11) is 0. The molecule has 0 bridgehead atoms. The number of fused-ring (bicyclic) bond motifs is 1. The number of anilines is 1. The Balaban J connectivity index is 1.14. The fraction of sp³-hybridized carbons (Fsp3) is 0.480. The Morgan fingerprint density at radius 1 is 1.27 bits per heavy atom. The molecule has 1 atom stereocenters. The largest absolute Gasteiger partial charge is 0.480 e. The fourth-order valence-electron chi connectivity index (χ4n) is 4.39. The summed E-state index contributed by atoms with van der Waals surface area (Å²) in [4.78, 5) is 28.4. The molecule has 3 N–H and O–H groups in total. The Bertz CT molecular complexity index is 993. The van der Waals surface area contributed by atoms with Crippen molar-refractivity contribution in [2.45, 2.75) is 57.1 Å². The van der Waals surface area contributed by atoms with Gasteiger partial charge in [0.05, 0.1) is 6.10 Å². The molecule has 4 rings (SSSR count). The highest BCUT2D eigenvalue weighted by molar-refractivity contribution is 5.96. The predicted molar refractivity (Wildman–Crippen MR) is 122 cm³/mol. The molecule has 1 unspecified atom stereocenters. The van der Waals surface area contributed by atoms with E-state index in [-0.39, 0.29) is 24.7 Å². The number of carboxylic acid groups (broad SMARTS) is 1. The second kappa shape index (κ2) is 10.7. The quantitative estimate of drug-likeness (QED) is 0.506. The highest BCUT2D eigenvalue weighted by Gasteiger charge is 2.30. The highest BCUT2D eigenvalue weighted by atomic mass is 19.1. The van der Waals surface area contributed by atoms with Gasteiger partial charge in [-0.1, -0.05) is 12.1 Å². The van der Waals surface area contributed by atoms with Crippen molar-refractivity contribution in [3.05, 3.63) is 59.0 Å². The van der Waals surface area contributed by atoms with Gasteiger partial charge in [0.25, 0.3) is 5.91 Å². The SMILES string of the molecule is O=C(NC(CCO[C@H]1C[C@H](CCc2ccc3c(n2)NCCC3)C1)C(=O)O)c1cccc(F)c1. The van der Waals surface area contributed by atoms with Gasteiger partial charge in [0.15, 0.2) is 0 Å². The number of hydrogen-bond donors (Lipinski definition) is 3. The molecule has 7 nitrogen and oxygen atoms in total. The first kappa shape index (κ1) is 23.2. The summed E-state index contributed by atoms with van der Waals surface area (Å²) >= 11 is 0. The minimum absolute atomic E-state index is 0.0909. The third-order valence-corrected chi connectivity index (χ3v) is 6.40. The summed E-state index contributed by atoms with van der Waals surface area (Å²) in [6, 6.07) is 8.39. The third-order valence-electron chi connectivity index (χ3n) is 6.40. The summed E-state index contributed by atoms with van der Waals surface area (Å²) in [6.07, 6.45) is 6.45. The number of hydrogen-bond acceptors (Lipinski definition) is 5. The molecule has 2 aliphatic rings. The van der Waals surface area contributed by atoms with Crippen LogP contribution in [-0.4, -0.2) is 47.3 Å². The van der Waals surface area contributed by atoms with E-state index >= 15 is 0 Å². The number of benzene rings is 1. The van der Waals surface area contributed by atoms with Gasteiger partial charge in [0, 0.05) is 30.8 Å². The zero-order chi connectivity index (χ0) is 23.2. The lowest BCUT2D eigenvalue weighted by Crippen LogP contribution is -2.42. The Morgan fingerprint density at radius 2 is 2.12 bits per heavy atom. The van der Waals surface area contributed by atoms with Crippen molar-refractivity contribution in [2.24, 2.45) is 5.92 Å². The lowest BCUT2D eigenvalue weighted by Gasteiger charge is -2.35. The van der Waals surface area contributed by atoms with Gasteiger partial charge in [-0.15, -0.1) is 0 Å². The molecular weight excluding hydrogens is 425 g/mol. The first-order chi connectivity index (χ1) is 16.0.